The summed E-state index contributed by atoms with van der Waals surface area (Å²) in [5.74, 6) is 0. The van der Waals surface area contributed by atoms with Gasteiger partial charge < -0.3 is 10.4 Å². The van der Waals surface area contributed by atoms with E-state index in [2.05, 4.69) is 10.2 Å². The number of aliphatic hydroxyl groups is 1. The Kier molecular flexibility index (Phi) is 2.11. The molecule has 11 heavy (non-hydrogen) atoms. The maximum Gasteiger partial charge on any atom is 0.0601 e. The zero-order valence-electron chi connectivity index (χ0n) is 6.79. The van der Waals surface area contributed by atoms with E-state index in [9.17, 15) is 0 Å². The van der Waals surface area contributed by atoms with Crippen LogP contribution in [0.4, 0.5) is 0 Å². The maximum absolute atomic E-state index is 8.58. The van der Waals surface area contributed by atoms with Gasteiger partial charge in [-0.05, 0) is 19.3 Å². The third kappa shape index (κ3) is 1.55. The fourth-order valence-electron chi connectivity index (χ4n) is 1.87. The molecule has 3 heteroatoms. The van der Waals surface area contributed by atoms with Crippen LogP contribution in [0.25, 0.3) is 0 Å². The van der Waals surface area contributed by atoms with E-state index < -0.39 is 0 Å². The van der Waals surface area contributed by atoms with Crippen LogP contribution in [0.15, 0.2) is 0 Å². The van der Waals surface area contributed by atoms with E-state index in [0.29, 0.717) is 12.8 Å². The highest BCUT2D eigenvalue weighted by molar-refractivity contribution is 5.00. The van der Waals surface area contributed by atoms with E-state index in [1.165, 1.54) is 19.5 Å². The number of nitrogens with zero attached hydrogens (tertiary/aromatic N) is 1. The minimum absolute atomic E-state index is 0.343. The molecule has 64 valence electrons. The molecule has 3 atom stereocenters. The van der Waals surface area contributed by atoms with Gasteiger partial charge in [0.25, 0.3) is 0 Å². The normalized spacial score (nSPS) is 40.6. The number of aliphatic hydroxyl groups excluding tert-OH is 1. The highest BCUT2D eigenvalue weighted by Crippen LogP contribution is 2.27. The van der Waals surface area contributed by atoms with Gasteiger partial charge in [-0.1, -0.05) is 0 Å². The van der Waals surface area contributed by atoms with Crippen molar-refractivity contribution in [2.75, 3.05) is 19.7 Å². The lowest BCUT2D eigenvalue weighted by molar-refractivity contribution is 0.271. The van der Waals surface area contributed by atoms with Crippen LogP contribution < -0.4 is 5.32 Å². The van der Waals surface area contributed by atoms with E-state index in [1.807, 2.05) is 0 Å². The van der Waals surface area contributed by atoms with Gasteiger partial charge >= 0.3 is 0 Å². The molecule has 0 saturated carbocycles. The zero-order chi connectivity index (χ0) is 7.68. The topological polar surface area (TPSA) is 35.3 Å². The van der Waals surface area contributed by atoms with Crippen molar-refractivity contribution in [2.45, 2.75) is 31.5 Å². The molecule has 0 aromatic rings. The first kappa shape index (κ1) is 7.53. The molecule has 0 aromatic carbocycles. The number of hydrogen-bond acceptors (Lipinski definition) is 3. The van der Waals surface area contributed by atoms with Crippen molar-refractivity contribution in [1.29, 1.82) is 0 Å². The van der Waals surface area contributed by atoms with E-state index in [-0.39, 0.29) is 0 Å². The van der Waals surface area contributed by atoms with Crippen molar-refractivity contribution in [2.24, 2.45) is 0 Å². The summed E-state index contributed by atoms with van der Waals surface area (Å²) >= 11 is 0. The third-order valence-corrected chi connectivity index (χ3v) is 2.63. The Morgan fingerprint density at radius 2 is 2.36 bits per heavy atom. The Morgan fingerprint density at radius 1 is 1.45 bits per heavy atom. The summed E-state index contributed by atoms with van der Waals surface area (Å²) in [6.45, 7) is 2.83. The lowest BCUT2D eigenvalue weighted by Gasteiger charge is -2.12. The van der Waals surface area contributed by atoms with E-state index in [4.69, 9.17) is 5.11 Å². The maximum atomic E-state index is 8.58. The summed E-state index contributed by atoms with van der Waals surface area (Å²) < 4.78 is 0. The molecule has 2 rings (SSSR count). The van der Waals surface area contributed by atoms with Crippen LogP contribution >= 0.6 is 0 Å². The van der Waals surface area contributed by atoms with Crippen molar-refractivity contribution < 1.29 is 5.11 Å². The molecule has 0 aromatic heterocycles. The lowest BCUT2D eigenvalue weighted by Crippen LogP contribution is -2.30. The van der Waals surface area contributed by atoms with Gasteiger partial charge in [-0.3, -0.25) is 4.90 Å². The van der Waals surface area contributed by atoms with Gasteiger partial charge in [-0.15, -0.1) is 0 Å². The molecule has 2 aliphatic heterocycles. The average Bonchev–Trinajstić information content (AvgIpc) is 2.70. The molecule has 2 N–H and O–H groups in total. The van der Waals surface area contributed by atoms with Gasteiger partial charge in [0.1, 0.15) is 0 Å². The zero-order valence-corrected chi connectivity index (χ0v) is 6.79. The SMILES string of the molecule is OCCCCC1NCC2CN21. The molecule has 2 heterocycles. The molecule has 0 bridgehead atoms. The lowest BCUT2D eigenvalue weighted by atomic mass is 10.2. The summed E-state index contributed by atoms with van der Waals surface area (Å²) in [5.41, 5.74) is 0. The molecule has 0 amide bonds. The minimum Gasteiger partial charge on any atom is -0.396 e. The van der Waals surface area contributed by atoms with Gasteiger partial charge in [0.15, 0.2) is 0 Å². The predicted molar refractivity (Wildman–Crippen MR) is 43.2 cm³/mol. The molecule has 2 saturated heterocycles. The van der Waals surface area contributed by atoms with Crippen LogP contribution in [0, 0.1) is 0 Å². The van der Waals surface area contributed by atoms with Crippen molar-refractivity contribution in [3.8, 4) is 0 Å². The first-order valence-electron chi connectivity index (χ1n) is 4.52. The molecule has 0 aliphatic carbocycles. The Morgan fingerprint density at radius 3 is 2.91 bits per heavy atom. The van der Waals surface area contributed by atoms with Gasteiger partial charge in [-0.2, -0.15) is 0 Å². The van der Waals surface area contributed by atoms with Crippen LogP contribution in [-0.4, -0.2) is 41.9 Å². The monoisotopic (exact) mass is 156 g/mol. The standard InChI is InChI=1S/C8H16N2O/c11-4-2-1-3-8-9-5-7-6-10(7)8/h7-9,11H,1-6H2. The van der Waals surface area contributed by atoms with Crippen LogP contribution in [0.3, 0.4) is 0 Å². The van der Waals surface area contributed by atoms with Crippen LogP contribution in [0.5, 0.6) is 0 Å². The molecule has 2 fully saturated rings. The second kappa shape index (κ2) is 3.09. The van der Waals surface area contributed by atoms with E-state index in [0.717, 1.165) is 18.9 Å². The highest BCUT2D eigenvalue weighted by atomic mass is 16.2. The summed E-state index contributed by atoms with van der Waals surface area (Å²) in [6.07, 6.45) is 3.94. The first-order chi connectivity index (χ1) is 5.42. The quantitative estimate of drug-likeness (QED) is 0.435. The summed E-state index contributed by atoms with van der Waals surface area (Å²) in [5, 5.41) is 12.0. The van der Waals surface area contributed by atoms with Crippen LogP contribution in [0.2, 0.25) is 0 Å². The van der Waals surface area contributed by atoms with Crippen LogP contribution in [0.1, 0.15) is 19.3 Å². The summed E-state index contributed by atoms with van der Waals surface area (Å²) in [7, 11) is 0. The molecule has 2 aliphatic rings. The fraction of sp³-hybridized carbons (Fsp3) is 1.00. The first-order valence-corrected chi connectivity index (χ1v) is 4.52. The molecule has 3 unspecified atom stereocenters. The predicted octanol–water partition coefficient (Wildman–Crippen LogP) is -0.238. The number of rotatable bonds is 4. The third-order valence-electron chi connectivity index (χ3n) is 2.63. The van der Waals surface area contributed by atoms with Gasteiger partial charge in [0.05, 0.1) is 6.17 Å². The molecular formula is C8H16N2O. The Balaban J connectivity index is 1.63. The highest BCUT2D eigenvalue weighted by Gasteiger charge is 2.44. The Hall–Kier alpha value is -0.120. The number of fused-ring (bicyclic) bond motifs is 1. The van der Waals surface area contributed by atoms with Crippen LogP contribution in [-0.2, 0) is 0 Å². The fourth-order valence-corrected chi connectivity index (χ4v) is 1.87. The van der Waals surface area contributed by atoms with E-state index in [1.54, 1.807) is 0 Å². The smallest absolute Gasteiger partial charge is 0.0601 e. The second-order valence-electron chi connectivity index (χ2n) is 3.49. The second-order valence-corrected chi connectivity index (χ2v) is 3.49. The van der Waals surface area contributed by atoms with Crippen molar-refractivity contribution in [3.63, 3.8) is 0 Å². The molecular weight excluding hydrogens is 140 g/mol. The molecule has 0 spiro atoms. The van der Waals surface area contributed by atoms with Crippen molar-refractivity contribution in [3.05, 3.63) is 0 Å². The van der Waals surface area contributed by atoms with Crippen molar-refractivity contribution in [1.82, 2.24) is 10.2 Å². The number of hydrogen-bond donors (Lipinski definition) is 2. The van der Waals surface area contributed by atoms with Gasteiger partial charge in [0, 0.05) is 25.7 Å². The number of unbranched alkanes of at least 4 members (excludes halogenated alkanes) is 1. The van der Waals surface area contributed by atoms with Gasteiger partial charge in [-0.25, -0.2) is 0 Å². The van der Waals surface area contributed by atoms with E-state index >= 15 is 0 Å². The largest absolute Gasteiger partial charge is 0.396 e. The van der Waals surface area contributed by atoms with Gasteiger partial charge in [0.2, 0.25) is 0 Å². The molecule has 0 radical (unpaired) electrons. The number of nitrogens with one attached hydrogen (secondary N) is 1. The minimum atomic E-state index is 0.343. The Bertz CT molecular complexity index is 140. The summed E-state index contributed by atoms with van der Waals surface area (Å²) in [4.78, 5) is 2.50. The molecule has 3 nitrogen and oxygen atoms in total. The average molecular weight is 156 g/mol. The Labute approximate surface area is 67.4 Å². The van der Waals surface area contributed by atoms with Crippen molar-refractivity contribution >= 4 is 0 Å². The summed E-state index contributed by atoms with van der Waals surface area (Å²) in [6, 6.07) is 0.856.